The molecular weight excluding hydrogens is 284 g/mol. The molecule has 0 aliphatic heterocycles. The van der Waals surface area contributed by atoms with E-state index in [4.69, 9.17) is 14.6 Å². The van der Waals surface area contributed by atoms with Gasteiger partial charge in [-0.2, -0.15) is 0 Å². The van der Waals surface area contributed by atoms with Crippen LogP contribution in [0.4, 0.5) is 0 Å². The van der Waals surface area contributed by atoms with Gasteiger partial charge in [0.25, 0.3) is 0 Å². The van der Waals surface area contributed by atoms with Crippen LogP contribution in [0.3, 0.4) is 0 Å². The first kappa shape index (κ1) is 16.3. The third-order valence-electron chi connectivity index (χ3n) is 2.76. The summed E-state index contributed by atoms with van der Waals surface area (Å²) >= 11 is 0. The molecule has 0 bridgehead atoms. The molecule has 1 unspecified atom stereocenters. The lowest BCUT2D eigenvalue weighted by Crippen LogP contribution is -2.22. The second kappa shape index (κ2) is 6.60. The van der Waals surface area contributed by atoms with Crippen molar-refractivity contribution in [3.63, 3.8) is 0 Å². The van der Waals surface area contributed by atoms with Crippen molar-refractivity contribution in [3.8, 4) is 11.5 Å². The Morgan fingerprint density at radius 3 is 2.35 bits per heavy atom. The highest BCUT2D eigenvalue weighted by molar-refractivity contribution is 7.90. The molecule has 1 atom stereocenters. The number of carbonyl (C=O) groups is 1. The molecule has 0 amide bonds. The Balaban J connectivity index is 2.90. The van der Waals surface area contributed by atoms with Crippen LogP contribution in [-0.4, -0.2) is 39.5 Å². The maximum Gasteiger partial charge on any atom is 0.307 e. The van der Waals surface area contributed by atoms with Gasteiger partial charge in [0.05, 0.1) is 31.6 Å². The van der Waals surface area contributed by atoms with Crippen LogP contribution in [0.2, 0.25) is 0 Å². The molecule has 1 aromatic rings. The summed E-state index contributed by atoms with van der Waals surface area (Å²) in [6.07, 6.45) is 0. The molecule has 0 aromatic heterocycles. The number of carboxylic acid groups (broad SMARTS) is 1. The van der Waals surface area contributed by atoms with E-state index in [1.54, 1.807) is 18.2 Å². The van der Waals surface area contributed by atoms with Crippen molar-refractivity contribution in [2.75, 3.05) is 20.0 Å². The number of hydrogen-bond acceptors (Lipinski definition) is 5. The summed E-state index contributed by atoms with van der Waals surface area (Å²) in [5.41, 5.74) is 0.528. The fraction of sp³-hybridized carbons (Fsp3) is 0.462. The summed E-state index contributed by atoms with van der Waals surface area (Å²) in [6, 6.07) is 4.80. The van der Waals surface area contributed by atoms with Crippen LogP contribution in [0, 0.1) is 5.92 Å². The van der Waals surface area contributed by atoms with Crippen LogP contribution in [0.15, 0.2) is 18.2 Å². The number of rotatable bonds is 7. The molecule has 6 nitrogen and oxygen atoms in total. The van der Waals surface area contributed by atoms with Gasteiger partial charge in [-0.05, 0) is 17.7 Å². The summed E-state index contributed by atoms with van der Waals surface area (Å²) in [5.74, 6) is -1.73. The molecule has 0 saturated heterocycles. The Kier molecular flexibility index (Phi) is 5.38. The highest BCUT2D eigenvalue weighted by Crippen LogP contribution is 2.28. The summed E-state index contributed by atoms with van der Waals surface area (Å²) in [6.45, 7) is 1.37. The minimum absolute atomic E-state index is 0.231. The number of methoxy groups -OCH3 is 2. The Morgan fingerprint density at radius 1 is 1.25 bits per heavy atom. The Hall–Kier alpha value is -1.76. The lowest BCUT2D eigenvalue weighted by molar-refractivity contribution is -0.140. The van der Waals surface area contributed by atoms with Gasteiger partial charge in [0.1, 0.15) is 0 Å². The molecular formula is C13H18O6S. The summed E-state index contributed by atoms with van der Waals surface area (Å²) < 4.78 is 34.0. The van der Waals surface area contributed by atoms with Crippen molar-refractivity contribution in [1.29, 1.82) is 0 Å². The number of hydrogen-bond donors (Lipinski definition) is 1. The van der Waals surface area contributed by atoms with E-state index in [1.807, 2.05) is 0 Å². The molecule has 20 heavy (non-hydrogen) atoms. The van der Waals surface area contributed by atoms with Gasteiger partial charge in [-0.15, -0.1) is 0 Å². The van der Waals surface area contributed by atoms with E-state index in [9.17, 15) is 13.2 Å². The first-order chi connectivity index (χ1) is 9.29. The van der Waals surface area contributed by atoms with Gasteiger partial charge in [0.2, 0.25) is 0 Å². The van der Waals surface area contributed by atoms with E-state index >= 15 is 0 Å². The van der Waals surface area contributed by atoms with Crippen LogP contribution in [0.25, 0.3) is 0 Å². The number of benzene rings is 1. The SMILES string of the molecule is COc1ccc(CS(=O)(=O)CC(C)C(=O)O)cc1OC. The molecule has 0 saturated carbocycles. The molecule has 0 spiro atoms. The minimum atomic E-state index is -3.50. The molecule has 0 fully saturated rings. The third kappa shape index (κ3) is 4.41. The van der Waals surface area contributed by atoms with Gasteiger partial charge in [-0.3, -0.25) is 4.79 Å². The maximum absolute atomic E-state index is 11.9. The van der Waals surface area contributed by atoms with Crippen LogP contribution < -0.4 is 9.47 Å². The second-order valence-electron chi connectivity index (χ2n) is 4.48. The highest BCUT2D eigenvalue weighted by Gasteiger charge is 2.21. The highest BCUT2D eigenvalue weighted by atomic mass is 32.2. The lowest BCUT2D eigenvalue weighted by Gasteiger charge is -2.11. The van der Waals surface area contributed by atoms with E-state index in [2.05, 4.69) is 0 Å². The molecule has 1 aromatic carbocycles. The molecule has 0 aliphatic carbocycles. The molecule has 0 heterocycles. The first-order valence-corrected chi connectivity index (χ1v) is 7.75. The van der Waals surface area contributed by atoms with Gasteiger partial charge in [0.15, 0.2) is 21.3 Å². The Bertz CT molecular complexity index is 579. The third-order valence-corrected chi connectivity index (χ3v) is 4.54. The smallest absolute Gasteiger partial charge is 0.307 e. The zero-order valence-electron chi connectivity index (χ0n) is 11.6. The van der Waals surface area contributed by atoms with Crippen molar-refractivity contribution in [2.24, 2.45) is 5.92 Å². The zero-order chi connectivity index (χ0) is 15.3. The van der Waals surface area contributed by atoms with Crippen LogP contribution >= 0.6 is 0 Å². The van der Waals surface area contributed by atoms with Gasteiger partial charge in [-0.25, -0.2) is 8.42 Å². The van der Waals surface area contributed by atoms with E-state index in [0.29, 0.717) is 17.1 Å². The average molecular weight is 302 g/mol. The first-order valence-electron chi connectivity index (χ1n) is 5.93. The van der Waals surface area contributed by atoms with Crippen LogP contribution in [0.1, 0.15) is 12.5 Å². The number of aliphatic carboxylic acids is 1. The van der Waals surface area contributed by atoms with Crippen molar-refractivity contribution >= 4 is 15.8 Å². The predicted octanol–water partition coefficient (Wildman–Crippen LogP) is 1.34. The number of sulfone groups is 1. The van der Waals surface area contributed by atoms with Crippen molar-refractivity contribution in [3.05, 3.63) is 23.8 Å². The van der Waals surface area contributed by atoms with Gasteiger partial charge in [0, 0.05) is 0 Å². The fourth-order valence-electron chi connectivity index (χ4n) is 1.74. The van der Waals surface area contributed by atoms with Crippen molar-refractivity contribution in [1.82, 2.24) is 0 Å². The monoisotopic (exact) mass is 302 g/mol. The largest absolute Gasteiger partial charge is 0.493 e. The maximum atomic E-state index is 11.9. The van der Waals surface area contributed by atoms with Gasteiger partial charge >= 0.3 is 5.97 Å². The Morgan fingerprint density at radius 2 is 1.85 bits per heavy atom. The van der Waals surface area contributed by atoms with Gasteiger partial charge in [-0.1, -0.05) is 13.0 Å². The Labute approximate surface area is 118 Å². The van der Waals surface area contributed by atoms with Crippen LogP contribution in [-0.2, 0) is 20.4 Å². The normalized spacial score (nSPS) is 12.8. The fourth-order valence-corrected chi connectivity index (χ4v) is 3.45. The van der Waals surface area contributed by atoms with E-state index < -0.39 is 27.5 Å². The minimum Gasteiger partial charge on any atom is -0.493 e. The summed E-state index contributed by atoms with van der Waals surface area (Å²) in [7, 11) is -0.551. The standard InChI is InChI=1S/C13H18O6S/c1-9(13(14)15)7-20(16,17)8-10-4-5-11(18-2)12(6-10)19-3/h4-6,9H,7-8H2,1-3H3,(H,14,15). The molecule has 112 valence electrons. The van der Waals surface area contributed by atoms with Crippen LogP contribution in [0.5, 0.6) is 11.5 Å². The average Bonchev–Trinajstić information content (AvgIpc) is 2.37. The number of carboxylic acids is 1. The van der Waals surface area contributed by atoms with E-state index in [1.165, 1.54) is 21.1 Å². The molecule has 1 rings (SSSR count). The molecule has 7 heteroatoms. The quantitative estimate of drug-likeness (QED) is 0.817. The zero-order valence-corrected chi connectivity index (χ0v) is 12.4. The summed E-state index contributed by atoms with van der Waals surface area (Å²) in [5, 5.41) is 8.76. The summed E-state index contributed by atoms with van der Waals surface area (Å²) in [4.78, 5) is 10.7. The van der Waals surface area contributed by atoms with E-state index in [-0.39, 0.29) is 5.75 Å². The predicted molar refractivity (Wildman–Crippen MR) is 73.8 cm³/mol. The second-order valence-corrected chi connectivity index (χ2v) is 6.59. The number of ether oxygens (including phenoxy) is 2. The van der Waals surface area contributed by atoms with Crippen molar-refractivity contribution < 1.29 is 27.8 Å². The topological polar surface area (TPSA) is 89.9 Å². The molecule has 0 radical (unpaired) electrons. The molecule has 0 aliphatic rings. The molecule has 1 N–H and O–H groups in total. The van der Waals surface area contributed by atoms with E-state index in [0.717, 1.165) is 0 Å². The lowest BCUT2D eigenvalue weighted by atomic mass is 10.2. The van der Waals surface area contributed by atoms with Crippen molar-refractivity contribution in [2.45, 2.75) is 12.7 Å². The van der Waals surface area contributed by atoms with Gasteiger partial charge < -0.3 is 14.6 Å².